The van der Waals surface area contributed by atoms with E-state index < -0.39 is 30.0 Å². The maximum Gasteiger partial charge on any atom is 0.419 e. The monoisotopic (exact) mass is 438 g/mol. The number of benzene rings is 2. The number of oxazole rings is 1. The van der Waals surface area contributed by atoms with E-state index in [9.17, 15) is 19.2 Å². The maximum atomic E-state index is 13.4. The second-order valence-corrected chi connectivity index (χ2v) is 7.78. The van der Waals surface area contributed by atoms with E-state index in [0.29, 0.717) is 17.5 Å². The molecular formula is C23H23FN4O4. The Bertz CT molecular complexity index is 1210. The van der Waals surface area contributed by atoms with Gasteiger partial charge in [-0.2, -0.15) is 5.26 Å². The Morgan fingerprint density at radius 2 is 2.03 bits per heavy atom. The van der Waals surface area contributed by atoms with Crippen LogP contribution in [0.4, 0.5) is 4.39 Å². The van der Waals surface area contributed by atoms with Gasteiger partial charge in [-0.3, -0.25) is 9.36 Å². The molecule has 0 spiro atoms. The van der Waals surface area contributed by atoms with Crippen LogP contribution in [0.3, 0.4) is 0 Å². The van der Waals surface area contributed by atoms with Crippen LogP contribution in [0.5, 0.6) is 0 Å². The molecule has 0 bridgehead atoms. The lowest BCUT2D eigenvalue weighted by molar-refractivity contribution is -0.132. The summed E-state index contributed by atoms with van der Waals surface area (Å²) in [6.07, 6.45) is -1.66. The first kappa shape index (κ1) is 21.7. The van der Waals surface area contributed by atoms with Gasteiger partial charge in [0, 0.05) is 26.6 Å². The average molecular weight is 438 g/mol. The Hall–Kier alpha value is -3.48. The Labute approximate surface area is 183 Å². The van der Waals surface area contributed by atoms with Crippen LogP contribution in [-0.4, -0.2) is 48.5 Å². The molecule has 32 heavy (non-hydrogen) atoms. The fourth-order valence-corrected chi connectivity index (χ4v) is 3.65. The summed E-state index contributed by atoms with van der Waals surface area (Å²) >= 11 is 0. The molecule has 0 saturated carbocycles. The molecule has 1 aliphatic rings. The normalized spacial score (nSPS) is 19.8. The van der Waals surface area contributed by atoms with Crippen molar-refractivity contribution in [2.24, 2.45) is 7.05 Å². The zero-order valence-corrected chi connectivity index (χ0v) is 17.5. The molecule has 0 aliphatic carbocycles. The van der Waals surface area contributed by atoms with Gasteiger partial charge in [0.15, 0.2) is 5.58 Å². The Balaban J connectivity index is 1.42. The average Bonchev–Trinajstić information content (AvgIpc) is 2.94. The molecule has 4 rings (SSSR count). The Morgan fingerprint density at radius 1 is 1.28 bits per heavy atom. The molecule has 1 saturated heterocycles. The van der Waals surface area contributed by atoms with Gasteiger partial charge < -0.3 is 19.8 Å². The second kappa shape index (κ2) is 9.34. The van der Waals surface area contributed by atoms with E-state index in [1.807, 2.05) is 36.4 Å². The third-order valence-electron chi connectivity index (χ3n) is 5.46. The largest absolute Gasteiger partial charge is 0.419 e. The zero-order chi connectivity index (χ0) is 22.7. The van der Waals surface area contributed by atoms with Crippen molar-refractivity contribution in [3.05, 3.63) is 58.6 Å². The summed E-state index contributed by atoms with van der Waals surface area (Å²) in [5.41, 5.74) is 3.98. The molecule has 166 valence electrons. The number of hydrogen-bond acceptors (Lipinski definition) is 6. The van der Waals surface area contributed by atoms with Crippen molar-refractivity contribution in [3.63, 3.8) is 0 Å². The predicted octanol–water partition coefficient (Wildman–Crippen LogP) is 1.68. The van der Waals surface area contributed by atoms with Gasteiger partial charge in [0.2, 0.25) is 0 Å². The SMILES string of the molecule is Cn1c(=O)oc2ccc(-c3ccc(C[C@@H](C#N)NC(=O)[C@@H]4CNC[C@H](F)CO4)cc3)cc21. The molecule has 9 heteroatoms. The van der Waals surface area contributed by atoms with E-state index in [-0.39, 0.29) is 19.7 Å². The number of carbonyl (C=O) groups is 1. The van der Waals surface area contributed by atoms with Crippen molar-refractivity contribution < 1.29 is 18.3 Å². The van der Waals surface area contributed by atoms with E-state index in [2.05, 4.69) is 16.7 Å². The number of halogens is 1. The highest BCUT2D eigenvalue weighted by molar-refractivity contribution is 5.82. The van der Waals surface area contributed by atoms with Crippen LogP contribution in [0.15, 0.2) is 51.7 Å². The van der Waals surface area contributed by atoms with Crippen LogP contribution in [0.25, 0.3) is 22.2 Å². The van der Waals surface area contributed by atoms with Gasteiger partial charge in [0.25, 0.3) is 5.91 Å². The highest BCUT2D eigenvalue weighted by Crippen LogP contribution is 2.24. The van der Waals surface area contributed by atoms with Crippen molar-refractivity contribution in [2.75, 3.05) is 19.7 Å². The minimum absolute atomic E-state index is 0.141. The van der Waals surface area contributed by atoms with E-state index in [1.54, 1.807) is 13.1 Å². The van der Waals surface area contributed by atoms with Crippen LogP contribution in [0.2, 0.25) is 0 Å². The molecule has 8 nitrogen and oxygen atoms in total. The fraction of sp³-hybridized carbons (Fsp3) is 0.348. The molecule has 1 aliphatic heterocycles. The van der Waals surface area contributed by atoms with Crippen LogP contribution in [0, 0.1) is 11.3 Å². The highest BCUT2D eigenvalue weighted by atomic mass is 19.1. The fourth-order valence-electron chi connectivity index (χ4n) is 3.65. The van der Waals surface area contributed by atoms with Gasteiger partial charge in [0.1, 0.15) is 18.3 Å². The number of ether oxygens (including phenoxy) is 1. The number of nitriles is 1. The third-order valence-corrected chi connectivity index (χ3v) is 5.46. The summed E-state index contributed by atoms with van der Waals surface area (Å²) in [5, 5.41) is 15.0. The first-order valence-electron chi connectivity index (χ1n) is 10.3. The quantitative estimate of drug-likeness (QED) is 0.627. The summed E-state index contributed by atoms with van der Waals surface area (Å²) < 4.78 is 25.3. The number of aromatic nitrogens is 1. The van der Waals surface area contributed by atoms with E-state index in [0.717, 1.165) is 16.7 Å². The van der Waals surface area contributed by atoms with Gasteiger partial charge in [-0.25, -0.2) is 9.18 Å². The van der Waals surface area contributed by atoms with Gasteiger partial charge in [-0.15, -0.1) is 0 Å². The smallest absolute Gasteiger partial charge is 0.408 e. The number of amides is 1. The Kier molecular flexibility index (Phi) is 6.35. The number of carbonyl (C=O) groups excluding carboxylic acids is 1. The van der Waals surface area contributed by atoms with E-state index >= 15 is 0 Å². The third kappa shape index (κ3) is 4.72. The molecule has 2 heterocycles. The molecule has 2 N–H and O–H groups in total. The van der Waals surface area contributed by atoms with E-state index in [4.69, 9.17) is 9.15 Å². The summed E-state index contributed by atoms with van der Waals surface area (Å²) in [4.78, 5) is 24.1. The molecule has 1 fully saturated rings. The molecule has 3 aromatic rings. The molecule has 0 radical (unpaired) electrons. The lowest BCUT2D eigenvalue weighted by atomic mass is 10.0. The predicted molar refractivity (Wildman–Crippen MR) is 116 cm³/mol. The molecule has 1 aromatic heterocycles. The van der Waals surface area contributed by atoms with E-state index in [1.165, 1.54) is 4.57 Å². The van der Waals surface area contributed by atoms with Crippen molar-refractivity contribution >= 4 is 17.0 Å². The Morgan fingerprint density at radius 3 is 2.78 bits per heavy atom. The number of nitrogens with one attached hydrogen (secondary N) is 2. The summed E-state index contributed by atoms with van der Waals surface area (Å²) in [5.74, 6) is -0.847. The first-order valence-corrected chi connectivity index (χ1v) is 10.3. The minimum Gasteiger partial charge on any atom is -0.408 e. The lowest BCUT2D eigenvalue weighted by Crippen LogP contribution is -2.46. The minimum atomic E-state index is -1.16. The van der Waals surface area contributed by atoms with Gasteiger partial charge >= 0.3 is 5.76 Å². The molecular weight excluding hydrogens is 415 g/mol. The van der Waals surface area contributed by atoms with Crippen molar-refractivity contribution in [2.45, 2.75) is 24.7 Å². The second-order valence-electron chi connectivity index (χ2n) is 7.78. The number of aryl methyl sites for hydroxylation is 1. The number of alkyl halides is 1. The van der Waals surface area contributed by atoms with Gasteiger partial charge in [-0.1, -0.05) is 30.3 Å². The summed E-state index contributed by atoms with van der Waals surface area (Å²) in [6, 6.07) is 14.5. The van der Waals surface area contributed by atoms with Gasteiger partial charge in [0.05, 0.1) is 18.2 Å². The maximum absolute atomic E-state index is 13.4. The molecule has 0 unspecified atom stereocenters. The number of fused-ring (bicyclic) bond motifs is 1. The van der Waals surface area contributed by atoms with Crippen LogP contribution >= 0.6 is 0 Å². The topological polar surface area (TPSA) is 109 Å². The van der Waals surface area contributed by atoms with Crippen molar-refractivity contribution in [3.8, 4) is 17.2 Å². The van der Waals surface area contributed by atoms with Crippen molar-refractivity contribution in [1.29, 1.82) is 5.26 Å². The summed E-state index contributed by atoms with van der Waals surface area (Å²) in [7, 11) is 1.66. The number of hydrogen-bond donors (Lipinski definition) is 2. The molecule has 1 amide bonds. The highest BCUT2D eigenvalue weighted by Gasteiger charge is 2.26. The first-order chi connectivity index (χ1) is 15.4. The lowest BCUT2D eigenvalue weighted by Gasteiger charge is -2.18. The number of nitrogens with zero attached hydrogens (tertiary/aromatic N) is 2. The number of rotatable bonds is 5. The van der Waals surface area contributed by atoms with Crippen LogP contribution < -0.4 is 16.4 Å². The van der Waals surface area contributed by atoms with Crippen LogP contribution in [0.1, 0.15) is 5.56 Å². The molecule has 3 atom stereocenters. The standard InChI is InChI=1S/C23H23FN4O4/c1-28-19-9-16(6-7-20(19)32-23(28)30)15-4-2-14(3-5-15)8-18(10-25)27-22(29)21-12-26-11-17(24)13-31-21/h2-7,9,17-18,21,26H,8,11-13H2,1H3,(H,27,29)/t17-,18-,21-/m0/s1. The zero-order valence-electron chi connectivity index (χ0n) is 17.5. The van der Waals surface area contributed by atoms with Crippen LogP contribution in [-0.2, 0) is 23.0 Å². The summed E-state index contributed by atoms with van der Waals surface area (Å²) in [6.45, 7) is 0.190. The van der Waals surface area contributed by atoms with Crippen molar-refractivity contribution in [1.82, 2.24) is 15.2 Å². The molecule has 2 aromatic carbocycles. The van der Waals surface area contributed by atoms with Gasteiger partial charge in [-0.05, 0) is 28.8 Å².